The van der Waals surface area contributed by atoms with Gasteiger partial charge in [-0.2, -0.15) is 0 Å². The SMILES string of the molecule is CC/C=C\C/C=C\C/C=C\C/C=C\CCCCCCCCCCCCCCC(=O)OCC(COC(=O)CCCCCCC/C=C\CCCCCCCCC)OC(=O)CCCCCCCCCCCCCCCCCCCCCCCC. The second-order valence-electron chi connectivity index (χ2n) is 24.1. The molecule has 0 amide bonds. The number of rotatable bonds is 66. The van der Waals surface area contributed by atoms with Crippen molar-refractivity contribution >= 4 is 17.9 Å². The van der Waals surface area contributed by atoms with Crippen LogP contribution in [-0.2, 0) is 28.6 Å². The molecule has 0 aliphatic rings. The third kappa shape index (κ3) is 67.8. The van der Waals surface area contributed by atoms with Crippen LogP contribution in [0.3, 0.4) is 0 Å². The minimum Gasteiger partial charge on any atom is -0.462 e. The molecule has 0 saturated heterocycles. The van der Waals surface area contributed by atoms with Crippen LogP contribution in [0, 0.1) is 0 Å². The Morgan fingerprint density at radius 2 is 0.481 bits per heavy atom. The highest BCUT2D eigenvalue weighted by Crippen LogP contribution is 2.18. The first-order valence-corrected chi connectivity index (χ1v) is 35.8. The molecule has 6 heteroatoms. The Morgan fingerprint density at radius 3 is 0.765 bits per heavy atom. The van der Waals surface area contributed by atoms with Gasteiger partial charge in [0.05, 0.1) is 0 Å². The zero-order chi connectivity index (χ0) is 58.5. The van der Waals surface area contributed by atoms with Crippen molar-refractivity contribution in [3.05, 3.63) is 60.8 Å². The molecule has 0 spiro atoms. The van der Waals surface area contributed by atoms with Crippen LogP contribution < -0.4 is 0 Å². The molecule has 6 nitrogen and oxygen atoms in total. The standard InChI is InChI=1S/C75H136O6/c1-4-7-10-13-16-19-22-25-28-31-33-35-37-38-39-41-42-44-47-50-53-56-59-62-65-68-74(77)80-71-72(70-79-73(76)67-64-61-58-55-52-49-46-30-27-24-21-18-15-12-9-6-3)81-75(78)69-66-63-60-57-54-51-48-45-43-40-36-34-32-29-26-23-20-17-14-11-8-5-2/h7,10,16,19,25,28,30,33,35,46,72H,4-6,8-9,11-15,17-18,20-24,26-27,29,31-32,34,36-45,47-71H2,1-3H3/b10-7-,19-16-,28-25-,35-33-,46-30-. The summed E-state index contributed by atoms with van der Waals surface area (Å²) in [6.07, 6.45) is 89.6. The molecular weight excluding hydrogens is 997 g/mol. The van der Waals surface area contributed by atoms with E-state index in [1.54, 1.807) is 0 Å². The van der Waals surface area contributed by atoms with Gasteiger partial charge in [-0.05, 0) is 83.5 Å². The van der Waals surface area contributed by atoms with Gasteiger partial charge in [-0.15, -0.1) is 0 Å². The lowest BCUT2D eigenvalue weighted by Gasteiger charge is -2.18. The van der Waals surface area contributed by atoms with Crippen molar-refractivity contribution < 1.29 is 28.6 Å². The first-order valence-electron chi connectivity index (χ1n) is 35.8. The maximum absolute atomic E-state index is 13.0. The molecule has 0 fully saturated rings. The van der Waals surface area contributed by atoms with E-state index in [0.29, 0.717) is 19.3 Å². The van der Waals surface area contributed by atoms with Crippen molar-refractivity contribution in [3.8, 4) is 0 Å². The molecule has 0 saturated carbocycles. The number of esters is 3. The summed E-state index contributed by atoms with van der Waals surface area (Å²) in [5, 5.41) is 0. The Morgan fingerprint density at radius 1 is 0.259 bits per heavy atom. The normalized spacial score (nSPS) is 12.4. The van der Waals surface area contributed by atoms with Crippen LogP contribution in [0.15, 0.2) is 60.8 Å². The molecule has 472 valence electrons. The first-order chi connectivity index (χ1) is 40.0. The number of carbonyl (C=O) groups excluding carboxylic acids is 3. The van der Waals surface area contributed by atoms with E-state index in [-0.39, 0.29) is 31.1 Å². The van der Waals surface area contributed by atoms with Crippen molar-refractivity contribution in [2.45, 2.75) is 386 Å². The summed E-state index contributed by atoms with van der Waals surface area (Å²) in [6.45, 7) is 6.59. The molecule has 0 bridgehead atoms. The van der Waals surface area contributed by atoms with E-state index < -0.39 is 6.10 Å². The van der Waals surface area contributed by atoms with Gasteiger partial charge in [0.1, 0.15) is 13.2 Å². The third-order valence-corrected chi connectivity index (χ3v) is 16.0. The van der Waals surface area contributed by atoms with Gasteiger partial charge in [-0.1, -0.05) is 338 Å². The first kappa shape index (κ1) is 78.1. The molecule has 0 aromatic heterocycles. The summed E-state index contributed by atoms with van der Waals surface area (Å²) < 4.78 is 17.0. The van der Waals surface area contributed by atoms with Crippen molar-refractivity contribution in [3.63, 3.8) is 0 Å². The van der Waals surface area contributed by atoms with Gasteiger partial charge in [0, 0.05) is 19.3 Å². The van der Waals surface area contributed by atoms with E-state index in [2.05, 4.69) is 81.5 Å². The molecule has 1 unspecified atom stereocenters. The van der Waals surface area contributed by atoms with E-state index in [0.717, 1.165) is 89.9 Å². The molecule has 0 aromatic rings. The Labute approximate surface area is 504 Å². The molecule has 81 heavy (non-hydrogen) atoms. The predicted molar refractivity (Wildman–Crippen MR) is 353 cm³/mol. The van der Waals surface area contributed by atoms with Crippen LogP contribution in [0.25, 0.3) is 0 Å². The number of carbonyl (C=O) groups is 3. The van der Waals surface area contributed by atoms with E-state index in [1.165, 1.54) is 250 Å². The maximum atomic E-state index is 13.0. The number of hydrogen-bond acceptors (Lipinski definition) is 6. The fourth-order valence-corrected chi connectivity index (χ4v) is 10.7. The number of ether oxygens (including phenoxy) is 3. The number of hydrogen-bond donors (Lipinski definition) is 0. The lowest BCUT2D eigenvalue weighted by molar-refractivity contribution is -0.167. The van der Waals surface area contributed by atoms with Crippen LogP contribution in [0.4, 0.5) is 0 Å². The smallest absolute Gasteiger partial charge is 0.306 e. The van der Waals surface area contributed by atoms with Gasteiger partial charge in [0.25, 0.3) is 0 Å². The van der Waals surface area contributed by atoms with Crippen molar-refractivity contribution in [2.75, 3.05) is 13.2 Å². The molecule has 0 heterocycles. The van der Waals surface area contributed by atoms with Crippen LogP contribution in [0.5, 0.6) is 0 Å². The minimum atomic E-state index is -0.778. The van der Waals surface area contributed by atoms with Gasteiger partial charge < -0.3 is 14.2 Å². The second-order valence-corrected chi connectivity index (χ2v) is 24.1. The lowest BCUT2D eigenvalue weighted by Crippen LogP contribution is -2.30. The molecule has 0 rings (SSSR count). The van der Waals surface area contributed by atoms with E-state index in [9.17, 15) is 14.4 Å². The summed E-state index contributed by atoms with van der Waals surface area (Å²) in [7, 11) is 0. The fourth-order valence-electron chi connectivity index (χ4n) is 10.7. The van der Waals surface area contributed by atoms with E-state index in [1.807, 2.05) is 0 Å². The fraction of sp³-hybridized carbons (Fsp3) is 0.827. The molecule has 0 aromatic carbocycles. The number of unbranched alkanes of at least 4 members (excludes halogenated alkanes) is 45. The Bertz CT molecular complexity index is 1440. The van der Waals surface area contributed by atoms with Gasteiger partial charge in [-0.25, -0.2) is 0 Å². The second kappa shape index (κ2) is 69.6. The van der Waals surface area contributed by atoms with E-state index >= 15 is 0 Å². The topological polar surface area (TPSA) is 78.9 Å². The summed E-state index contributed by atoms with van der Waals surface area (Å²) in [5.41, 5.74) is 0. The summed E-state index contributed by atoms with van der Waals surface area (Å²) >= 11 is 0. The van der Waals surface area contributed by atoms with Gasteiger partial charge in [0.2, 0.25) is 0 Å². The predicted octanol–water partition coefficient (Wildman–Crippen LogP) is 24.7. The number of allylic oxidation sites excluding steroid dienone is 10. The molecule has 0 aliphatic heterocycles. The maximum Gasteiger partial charge on any atom is 0.306 e. The highest BCUT2D eigenvalue weighted by atomic mass is 16.6. The van der Waals surface area contributed by atoms with Crippen molar-refractivity contribution in [2.24, 2.45) is 0 Å². The third-order valence-electron chi connectivity index (χ3n) is 16.0. The lowest BCUT2D eigenvalue weighted by atomic mass is 10.0. The summed E-state index contributed by atoms with van der Waals surface area (Å²) in [6, 6.07) is 0. The highest BCUT2D eigenvalue weighted by molar-refractivity contribution is 5.71. The van der Waals surface area contributed by atoms with Crippen molar-refractivity contribution in [1.29, 1.82) is 0 Å². The zero-order valence-corrected chi connectivity index (χ0v) is 54.3. The van der Waals surface area contributed by atoms with Crippen LogP contribution in [-0.4, -0.2) is 37.2 Å². The molecule has 0 aliphatic carbocycles. The van der Waals surface area contributed by atoms with E-state index in [4.69, 9.17) is 14.2 Å². The van der Waals surface area contributed by atoms with Crippen LogP contribution in [0.2, 0.25) is 0 Å². The molecule has 0 radical (unpaired) electrons. The van der Waals surface area contributed by atoms with Gasteiger partial charge >= 0.3 is 17.9 Å². The molecule has 1 atom stereocenters. The molecular formula is C75H136O6. The van der Waals surface area contributed by atoms with Gasteiger partial charge in [0.15, 0.2) is 6.10 Å². The monoisotopic (exact) mass is 1130 g/mol. The van der Waals surface area contributed by atoms with Gasteiger partial charge in [-0.3, -0.25) is 14.4 Å². The quantitative estimate of drug-likeness (QED) is 0.0261. The Balaban J connectivity index is 4.30. The minimum absolute atomic E-state index is 0.0734. The zero-order valence-electron chi connectivity index (χ0n) is 54.3. The van der Waals surface area contributed by atoms with Crippen molar-refractivity contribution in [1.82, 2.24) is 0 Å². The average molecular weight is 1130 g/mol. The van der Waals surface area contributed by atoms with Crippen LogP contribution >= 0.6 is 0 Å². The summed E-state index contributed by atoms with van der Waals surface area (Å²) in [5.74, 6) is -0.857. The molecule has 0 N–H and O–H groups in total. The average Bonchev–Trinajstić information content (AvgIpc) is 3.47. The van der Waals surface area contributed by atoms with Crippen LogP contribution in [0.1, 0.15) is 380 Å². The Hall–Kier alpha value is -2.89. The largest absolute Gasteiger partial charge is 0.462 e. The Kier molecular flexibility index (Phi) is 67.1. The highest BCUT2D eigenvalue weighted by Gasteiger charge is 2.19. The summed E-state index contributed by atoms with van der Waals surface area (Å²) in [4.78, 5) is 38.5.